The van der Waals surface area contributed by atoms with E-state index in [-0.39, 0.29) is 11.9 Å². The van der Waals surface area contributed by atoms with E-state index in [0.717, 1.165) is 30.8 Å². The van der Waals surface area contributed by atoms with Crippen LogP contribution in [0.5, 0.6) is 0 Å². The lowest BCUT2D eigenvalue weighted by Gasteiger charge is -2.17. The maximum Gasteiger partial charge on any atom is 0.128 e. The molecule has 0 saturated heterocycles. The second-order valence-corrected chi connectivity index (χ2v) is 6.88. The molecule has 0 bridgehead atoms. The van der Waals surface area contributed by atoms with Gasteiger partial charge < -0.3 is 5.32 Å². The fourth-order valence-corrected chi connectivity index (χ4v) is 4.12. The number of nitrogens with zero attached hydrogens (tertiary/aromatic N) is 1. The number of halogens is 2. The van der Waals surface area contributed by atoms with Crippen molar-refractivity contribution in [1.29, 1.82) is 0 Å². The number of rotatable bonds is 5. The smallest absolute Gasteiger partial charge is 0.128 e. The number of aromatic nitrogens is 1. The van der Waals surface area contributed by atoms with Crippen LogP contribution in [0.4, 0.5) is 4.39 Å². The molecule has 1 aliphatic carbocycles. The van der Waals surface area contributed by atoms with Crippen molar-refractivity contribution in [2.24, 2.45) is 0 Å². The van der Waals surface area contributed by atoms with Crippen molar-refractivity contribution in [1.82, 2.24) is 10.3 Å². The molecule has 2 nitrogen and oxygen atoms in total. The number of benzene rings is 1. The molecule has 0 amide bonds. The Kier molecular flexibility index (Phi) is 4.57. The average molecular weight is 325 g/mol. The van der Waals surface area contributed by atoms with Gasteiger partial charge in [0.25, 0.3) is 0 Å². The van der Waals surface area contributed by atoms with Gasteiger partial charge in [-0.2, -0.15) is 0 Å². The first-order valence-corrected chi connectivity index (χ1v) is 8.55. The fourth-order valence-electron chi connectivity index (χ4n) is 2.69. The van der Waals surface area contributed by atoms with E-state index in [9.17, 15) is 4.39 Å². The monoisotopic (exact) mass is 324 g/mol. The molecule has 1 aliphatic rings. The van der Waals surface area contributed by atoms with E-state index in [2.05, 4.69) is 12.2 Å². The van der Waals surface area contributed by atoms with Gasteiger partial charge in [-0.15, -0.1) is 11.3 Å². The lowest BCUT2D eigenvalue weighted by Crippen LogP contribution is -2.24. The minimum Gasteiger partial charge on any atom is -0.304 e. The summed E-state index contributed by atoms with van der Waals surface area (Å²) in [4.78, 5) is 6.09. The van der Waals surface area contributed by atoms with E-state index in [1.807, 2.05) is 0 Å². The van der Waals surface area contributed by atoms with Gasteiger partial charge in [-0.1, -0.05) is 18.5 Å². The van der Waals surface area contributed by atoms with Gasteiger partial charge in [-0.25, -0.2) is 9.37 Å². The second kappa shape index (κ2) is 6.42. The van der Waals surface area contributed by atoms with E-state index in [0.29, 0.717) is 10.6 Å². The van der Waals surface area contributed by atoms with E-state index in [1.54, 1.807) is 23.5 Å². The van der Waals surface area contributed by atoms with Crippen LogP contribution in [0.1, 0.15) is 46.9 Å². The molecule has 112 valence electrons. The average Bonchev–Trinajstić information content (AvgIpc) is 3.04. The lowest BCUT2D eigenvalue weighted by atomic mass is 10.1. The predicted molar refractivity (Wildman–Crippen MR) is 85.7 cm³/mol. The Morgan fingerprint density at radius 3 is 3.05 bits per heavy atom. The van der Waals surface area contributed by atoms with Gasteiger partial charge in [-0.3, -0.25) is 0 Å². The molecule has 1 heterocycles. The van der Waals surface area contributed by atoms with Crippen molar-refractivity contribution < 1.29 is 4.39 Å². The Morgan fingerprint density at radius 1 is 1.43 bits per heavy atom. The van der Waals surface area contributed by atoms with Crippen molar-refractivity contribution in [2.45, 2.75) is 38.6 Å². The predicted octanol–water partition coefficient (Wildman–Crippen LogP) is 4.51. The number of fused-ring (bicyclic) bond motifs is 1. The third kappa shape index (κ3) is 3.12. The molecule has 1 atom stereocenters. The summed E-state index contributed by atoms with van der Waals surface area (Å²) < 4.78 is 14.2. The van der Waals surface area contributed by atoms with Crippen LogP contribution in [-0.4, -0.2) is 11.5 Å². The number of nitrogens with one attached hydrogen (secondary N) is 1. The van der Waals surface area contributed by atoms with Gasteiger partial charge in [0.2, 0.25) is 0 Å². The van der Waals surface area contributed by atoms with Gasteiger partial charge in [0.1, 0.15) is 10.8 Å². The summed E-state index contributed by atoms with van der Waals surface area (Å²) in [7, 11) is 0. The van der Waals surface area contributed by atoms with Crippen LogP contribution >= 0.6 is 22.9 Å². The van der Waals surface area contributed by atoms with Gasteiger partial charge in [-0.05, 0) is 50.4 Å². The zero-order valence-electron chi connectivity index (χ0n) is 12.0. The fraction of sp³-hybridized carbons (Fsp3) is 0.438. The molecule has 1 aromatic carbocycles. The van der Waals surface area contributed by atoms with Crippen LogP contribution in [-0.2, 0) is 12.8 Å². The number of hydrogen-bond donors (Lipinski definition) is 1. The van der Waals surface area contributed by atoms with Crippen LogP contribution in [0.3, 0.4) is 0 Å². The van der Waals surface area contributed by atoms with Gasteiger partial charge in [0, 0.05) is 15.5 Å². The highest BCUT2D eigenvalue weighted by atomic mass is 35.5. The summed E-state index contributed by atoms with van der Waals surface area (Å²) in [6.45, 7) is 2.92. The number of aryl methyl sites for hydroxylation is 2. The zero-order valence-corrected chi connectivity index (χ0v) is 13.5. The molecule has 0 saturated carbocycles. The maximum atomic E-state index is 14.2. The molecule has 21 heavy (non-hydrogen) atoms. The molecule has 1 aromatic heterocycles. The van der Waals surface area contributed by atoms with Gasteiger partial charge in [0.05, 0.1) is 11.7 Å². The van der Waals surface area contributed by atoms with Crippen LogP contribution in [0.25, 0.3) is 0 Å². The van der Waals surface area contributed by atoms with Crippen molar-refractivity contribution in [3.63, 3.8) is 0 Å². The van der Waals surface area contributed by atoms with Crippen molar-refractivity contribution in [2.75, 3.05) is 6.54 Å². The van der Waals surface area contributed by atoms with Gasteiger partial charge in [0.15, 0.2) is 0 Å². The van der Waals surface area contributed by atoms with E-state index >= 15 is 0 Å². The first-order chi connectivity index (χ1) is 10.2. The minimum atomic E-state index is -0.233. The normalized spacial score (nSPS) is 15.2. The van der Waals surface area contributed by atoms with Crippen LogP contribution in [0, 0.1) is 5.82 Å². The quantitative estimate of drug-likeness (QED) is 0.875. The van der Waals surface area contributed by atoms with Crippen LogP contribution in [0.2, 0.25) is 5.02 Å². The summed E-state index contributed by atoms with van der Waals surface area (Å²) in [5, 5.41) is 4.92. The Balaban J connectivity index is 1.98. The molecule has 1 unspecified atom stereocenters. The minimum absolute atomic E-state index is 0.209. The highest BCUT2D eigenvalue weighted by Crippen LogP contribution is 2.34. The Morgan fingerprint density at radius 2 is 2.29 bits per heavy atom. The molecule has 0 fully saturated rings. The van der Waals surface area contributed by atoms with E-state index < -0.39 is 0 Å². The molecule has 0 spiro atoms. The summed E-state index contributed by atoms with van der Waals surface area (Å²) in [6, 6.07) is 4.51. The van der Waals surface area contributed by atoms with E-state index in [1.165, 1.54) is 23.1 Å². The topological polar surface area (TPSA) is 24.9 Å². The van der Waals surface area contributed by atoms with Crippen molar-refractivity contribution >= 4 is 22.9 Å². The maximum absolute atomic E-state index is 14.2. The molecular formula is C16H18ClFN2S. The summed E-state index contributed by atoms with van der Waals surface area (Å²) >= 11 is 7.75. The molecule has 0 radical (unpaired) electrons. The van der Waals surface area contributed by atoms with Crippen molar-refractivity contribution in [3.05, 3.63) is 50.2 Å². The summed E-state index contributed by atoms with van der Waals surface area (Å²) in [5.74, 6) is -0.233. The third-order valence-electron chi connectivity index (χ3n) is 3.73. The molecule has 0 aliphatic heterocycles. The van der Waals surface area contributed by atoms with E-state index in [4.69, 9.17) is 16.6 Å². The SMILES string of the molecule is CCCNC(c1nc2c(s1)CCC2)c1cc(Cl)ccc1F. The molecule has 3 rings (SSSR count). The second-order valence-electron chi connectivity index (χ2n) is 5.33. The Hall–Kier alpha value is -0.970. The number of thiazole rings is 1. The number of hydrogen-bond acceptors (Lipinski definition) is 3. The van der Waals surface area contributed by atoms with Crippen molar-refractivity contribution in [3.8, 4) is 0 Å². The summed E-state index contributed by atoms with van der Waals surface area (Å²) in [6.07, 6.45) is 4.33. The highest BCUT2D eigenvalue weighted by molar-refractivity contribution is 7.11. The molecule has 1 N–H and O–H groups in total. The van der Waals surface area contributed by atoms with Crippen LogP contribution < -0.4 is 5.32 Å². The molecule has 5 heteroatoms. The first kappa shape index (κ1) is 14.9. The molecular weight excluding hydrogens is 307 g/mol. The summed E-state index contributed by atoms with van der Waals surface area (Å²) in [5.41, 5.74) is 1.78. The van der Waals surface area contributed by atoms with Gasteiger partial charge >= 0.3 is 0 Å². The first-order valence-electron chi connectivity index (χ1n) is 7.36. The largest absolute Gasteiger partial charge is 0.304 e. The van der Waals surface area contributed by atoms with Crippen LogP contribution in [0.15, 0.2) is 18.2 Å². The Bertz CT molecular complexity index is 620. The third-order valence-corrected chi connectivity index (χ3v) is 5.18. The highest BCUT2D eigenvalue weighted by Gasteiger charge is 2.25. The Labute approximate surface area is 133 Å². The zero-order chi connectivity index (χ0) is 14.8. The lowest BCUT2D eigenvalue weighted by molar-refractivity contribution is 0.544. The molecule has 2 aromatic rings. The standard InChI is InChI=1S/C16H18ClFN2S/c1-2-8-19-15(11-9-10(17)6-7-12(11)18)16-20-13-4-3-5-14(13)21-16/h6-7,9,15,19H,2-5,8H2,1H3.